The molecule has 0 amide bonds. The smallest absolute Gasteiger partial charge is 0.242 e. The Morgan fingerprint density at radius 3 is 1.97 bits per heavy atom. The summed E-state index contributed by atoms with van der Waals surface area (Å²) in [6.45, 7) is 2.23. The highest BCUT2D eigenvalue weighted by Crippen LogP contribution is 2.29. The molecule has 4 rings (SSSR count). The fourth-order valence-electron chi connectivity index (χ4n) is 3.75. The zero-order valence-corrected chi connectivity index (χ0v) is 17.3. The second-order valence-corrected chi connectivity index (χ2v) is 9.44. The molecule has 0 radical (unpaired) electrons. The molecule has 0 saturated heterocycles. The number of aromatic nitrogens is 1. The van der Waals surface area contributed by atoms with E-state index in [1.807, 2.05) is 43.3 Å². The lowest BCUT2D eigenvalue weighted by Crippen LogP contribution is -2.36. The molecule has 0 aliphatic rings. The van der Waals surface area contributed by atoms with Crippen LogP contribution in [0.1, 0.15) is 5.56 Å². The molecular formula is C23H24N2O3S. The lowest BCUT2D eigenvalue weighted by molar-refractivity contribution is 0.136. The quantitative estimate of drug-likeness (QED) is 0.528. The Morgan fingerprint density at radius 1 is 0.897 bits per heavy atom. The average Bonchev–Trinajstić information content (AvgIpc) is 3.02. The van der Waals surface area contributed by atoms with Crippen LogP contribution in [0, 0.1) is 6.92 Å². The SMILES string of the molecule is Cc1ccc(S(=O)(=O)N(C)C[C@@H](O)Cn2c3ccccc3c3ccccc32)cc1. The van der Waals surface area contributed by atoms with Crippen molar-refractivity contribution in [3.05, 3.63) is 78.4 Å². The minimum atomic E-state index is -3.65. The second kappa shape index (κ2) is 7.63. The van der Waals surface area contributed by atoms with Gasteiger partial charge in [-0.05, 0) is 31.2 Å². The normalized spacial score (nSPS) is 13.4. The van der Waals surface area contributed by atoms with E-state index in [1.165, 1.54) is 11.4 Å². The minimum Gasteiger partial charge on any atom is -0.390 e. The monoisotopic (exact) mass is 408 g/mol. The highest BCUT2D eigenvalue weighted by atomic mass is 32.2. The van der Waals surface area contributed by atoms with Gasteiger partial charge in [-0.25, -0.2) is 8.42 Å². The van der Waals surface area contributed by atoms with Crippen molar-refractivity contribution >= 4 is 31.8 Å². The molecule has 0 aliphatic carbocycles. The molecule has 0 spiro atoms. The van der Waals surface area contributed by atoms with Gasteiger partial charge in [0.15, 0.2) is 0 Å². The van der Waals surface area contributed by atoms with Gasteiger partial charge < -0.3 is 9.67 Å². The van der Waals surface area contributed by atoms with E-state index < -0.39 is 16.1 Å². The Balaban J connectivity index is 1.60. The van der Waals surface area contributed by atoms with E-state index in [0.29, 0.717) is 6.54 Å². The Labute approximate surface area is 170 Å². The Bertz CT molecular complexity index is 1210. The first-order chi connectivity index (χ1) is 13.9. The summed E-state index contributed by atoms with van der Waals surface area (Å²) in [5.41, 5.74) is 3.05. The summed E-state index contributed by atoms with van der Waals surface area (Å²) in [6.07, 6.45) is -0.848. The molecule has 5 nitrogen and oxygen atoms in total. The van der Waals surface area contributed by atoms with Crippen molar-refractivity contribution in [1.82, 2.24) is 8.87 Å². The van der Waals surface area contributed by atoms with E-state index in [0.717, 1.165) is 27.4 Å². The molecule has 0 bridgehead atoms. The van der Waals surface area contributed by atoms with Gasteiger partial charge in [0.1, 0.15) is 0 Å². The minimum absolute atomic E-state index is 0.0110. The van der Waals surface area contributed by atoms with Crippen LogP contribution in [0.2, 0.25) is 0 Å². The van der Waals surface area contributed by atoms with E-state index >= 15 is 0 Å². The number of benzene rings is 3. The van der Waals surface area contributed by atoms with Gasteiger partial charge in [0.25, 0.3) is 0 Å². The Kier molecular flexibility index (Phi) is 5.17. The standard InChI is InChI=1S/C23H24N2O3S/c1-17-11-13-19(14-12-17)29(27,28)24(2)15-18(26)16-25-22-9-5-3-7-20(22)21-8-4-6-10-23(21)25/h3-14,18,26H,15-16H2,1-2H3/t18-/m1/s1. The summed E-state index contributed by atoms with van der Waals surface area (Å²) in [4.78, 5) is 0.231. The van der Waals surface area contributed by atoms with Crippen molar-refractivity contribution in [3.8, 4) is 0 Å². The van der Waals surface area contributed by atoms with Gasteiger partial charge in [-0.2, -0.15) is 4.31 Å². The lowest BCUT2D eigenvalue weighted by Gasteiger charge is -2.21. The van der Waals surface area contributed by atoms with E-state index in [9.17, 15) is 13.5 Å². The number of hydrogen-bond acceptors (Lipinski definition) is 3. The van der Waals surface area contributed by atoms with Crippen LogP contribution in [0.4, 0.5) is 0 Å². The molecule has 1 atom stereocenters. The summed E-state index contributed by atoms with van der Waals surface area (Å²) < 4.78 is 28.9. The average molecular weight is 409 g/mol. The number of hydrogen-bond donors (Lipinski definition) is 1. The molecule has 0 saturated carbocycles. The third-order valence-electron chi connectivity index (χ3n) is 5.27. The van der Waals surface area contributed by atoms with Crippen LogP contribution in [0.3, 0.4) is 0 Å². The van der Waals surface area contributed by atoms with Crippen molar-refractivity contribution in [2.24, 2.45) is 0 Å². The zero-order chi connectivity index (χ0) is 20.6. The molecule has 6 heteroatoms. The second-order valence-electron chi connectivity index (χ2n) is 7.40. The molecule has 1 N–H and O–H groups in total. The molecule has 1 aromatic heterocycles. The third-order valence-corrected chi connectivity index (χ3v) is 7.11. The van der Waals surface area contributed by atoms with Gasteiger partial charge in [0, 0.05) is 35.4 Å². The Morgan fingerprint density at radius 2 is 1.41 bits per heavy atom. The topological polar surface area (TPSA) is 62.5 Å². The van der Waals surface area contributed by atoms with Crippen molar-refractivity contribution < 1.29 is 13.5 Å². The number of rotatable bonds is 6. The number of aliphatic hydroxyl groups excluding tert-OH is 1. The Hall–Kier alpha value is -2.67. The number of fused-ring (bicyclic) bond motifs is 3. The van der Waals surface area contributed by atoms with E-state index in [4.69, 9.17) is 0 Å². The molecule has 150 valence electrons. The summed E-state index contributed by atoms with van der Waals surface area (Å²) in [5.74, 6) is 0. The molecule has 29 heavy (non-hydrogen) atoms. The van der Waals surface area contributed by atoms with Gasteiger partial charge >= 0.3 is 0 Å². The van der Waals surface area contributed by atoms with Gasteiger partial charge in [0.2, 0.25) is 10.0 Å². The highest BCUT2D eigenvalue weighted by Gasteiger charge is 2.24. The fourth-order valence-corrected chi connectivity index (χ4v) is 4.96. The molecular weight excluding hydrogens is 384 g/mol. The van der Waals surface area contributed by atoms with Crippen molar-refractivity contribution in [1.29, 1.82) is 0 Å². The molecule has 4 aromatic rings. The number of aryl methyl sites for hydroxylation is 1. The molecule has 0 unspecified atom stereocenters. The van der Waals surface area contributed by atoms with Crippen LogP contribution in [-0.4, -0.2) is 42.1 Å². The summed E-state index contributed by atoms with van der Waals surface area (Å²) in [5, 5.41) is 13.0. The van der Waals surface area contributed by atoms with Gasteiger partial charge in [-0.1, -0.05) is 54.1 Å². The molecule has 3 aromatic carbocycles. The van der Waals surface area contributed by atoms with Crippen LogP contribution in [0.25, 0.3) is 21.8 Å². The molecule has 1 heterocycles. The summed E-state index contributed by atoms with van der Waals surface area (Å²) in [7, 11) is -2.15. The zero-order valence-electron chi connectivity index (χ0n) is 16.5. The molecule has 0 aliphatic heterocycles. The number of sulfonamides is 1. The van der Waals surface area contributed by atoms with Gasteiger partial charge in [-0.15, -0.1) is 0 Å². The summed E-state index contributed by atoms with van der Waals surface area (Å²) in [6, 6.07) is 22.9. The predicted octanol–water partition coefficient (Wildman–Crippen LogP) is 3.78. The first-order valence-corrected chi connectivity index (χ1v) is 11.0. The van der Waals surface area contributed by atoms with Crippen LogP contribution >= 0.6 is 0 Å². The van der Waals surface area contributed by atoms with Crippen molar-refractivity contribution in [2.45, 2.75) is 24.5 Å². The molecule has 0 fully saturated rings. The maximum atomic E-state index is 12.8. The van der Waals surface area contributed by atoms with E-state index in [2.05, 4.69) is 16.7 Å². The van der Waals surface area contributed by atoms with Gasteiger partial charge in [-0.3, -0.25) is 0 Å². The maximum Gasteiger partial charge on any atom is 0.242 e. The first-order valence-electron chi connectivity index (χ1n) is 9.55. The lowest BCUT2D eigenvalue weighted by atomic mass is 10.2. The number of nitrogens with zero attached hydrogens (tertiary/aromatic N) is 2. The van der Waals surface area contributed by atoms with Crippen LogP contribution in [0.15, 0.2) is 77.7 Å². The van der Waals surface area contributed by atoms with Crippen LogP contribution in [0.5, 0.6) is 0 Å². The number of aliphatic hydroxyl groups is 1. The maximum absolute atomic E-state index is 12.8. The first kappa shape index (κ1) is 19.6. The van der Waals surface area contributed by atoms with Gasteiger partial charge in [0.05, 0.1) is 17.5 Å². The number of para-hydroxylation sites is 2. The van der Waals surface area contributed by atoms with Crippen LogP contribution in [-0.2, 0) is 16.6 Å². The fraction of sp³-hybridized carbons (Fsp3) is 0.217. The van der Waals surface area contributed by atoms with E-state index in [1.54, 1.807) is 24.3 Å². The number of likely N-dealkylation sites (N-methyl/N-ethyl adjacent to an activating group) is 1. The third kappa shape index (κ3) is 3.67. The van der Waals surface area contributed by atoms with Crippen molar-refractivity contribution in [3.63, 3.8) is 0 Å². The van der Waals surface area contributed by atoms with Crippen molar-refractivity contribution in [2.75, 3.05) is 13.6 Å². The highest BCUT2D eigenvalue weighted by molar-refractivity contribution is 7.89. The largest absolute Gasteiger partial charge is 0.390 e. The van der Waals surface area contributed by atoms with E-state index in [-0.39, 0.29) is 11.4 Å². The van der Waals surface area contributed by atoms with Crippen LogP contribution < -0.4 is 0 Å². The summed E-state index contributed by atoms with van der Waals surface area (Å²) >= 11 is 0. The predicted molar refractivity (Wildman–Crippen MR) is 116 cm³/mol.